The van der Waals surface area contributed by atoms with Crippen molar-refractivity contribution in [3.63, 3.8) is 0 Å². The third kappa shape index (κ3) is 2.26. The SMILES string of the molecule is CCCc1noc(N)c1-c1ccc(F)cc1Cl. The van der Waals surface area contributed by atoms with Gasteiger partial charge >= 0.3 is 0 Å². The maximum atomic E-state index is 13.0. The molecule has 2 aromatic rings. The van der Waals surface area contributed by atoms with Crippen LogP contribution in [0, 0.1) is 5.82 Å². The molecule has 90 valence electrons. The van der Waals surface area contributed by atoms with Gasteiger partial charge in [0.05, 0.1) is 16.3 Å². The molecule has 0 spiro atoms. The highest BCUT2D eigenvalue weighted by Gasteiger charge is 2.17. The van der Waals surface area contributed by atoms with E-state index in [1.807, 2.05) is 6.92 Å². The van der Waals surface area contributed by atoms with Crippen LogP contribution in [0.3, 0.4) is 0 Å². The average Bonchev–Trinajstić information content (AvgIpc) is 2.62. The summed E-state index contributed by atoms with van der Waals surface area (Å²) in [5.41, 5.74) is 7.79. The Balaban J connectivity index is 2.55. The zero-order valence-electron chi connectivity index (χ0n) is 9.34. The lowest BCUT2D eigenvalue weighted by molar-refractivity contribution is 0.427. The van der Waals surface area contributed by atoms with Crippen molar-refractivity contribution in [2.45, 2.75) is 19.8 Å². The molecule has 0 aliphatic carbocycles. The van der Waals surface area contributed by atoms with Crippen molar-refractivity contribution in [3.05, 3.63) is 34.7 Å². The summed E-state index contributed by atoms with van der Waals surface area (Å²) in [6, 6.07) is 4.17. The Bertz CT molecular complexity index is 539. The van der Waals surface area contributed by atoms with Crippen LogP contribution in [0.25, 0.3) is 11.1 Å². The van der Waals surface area contributed by atoms with Gasteiger partial charge in [-0.05, 0) is 24.6 Å². The van der Waals surface area contributed by atoms with Crippen LogP contribution in [-0.4, -0.2) is 5.16 Å². The second-order valence-corrected chi connectivity index (χ2v) is 4.15. The molecule has 1 aromatic heterocycles. The highest BCUT2D eigenvalue weighted by Crippen LogP contribution is 2.35. The Hall–Kier alpha value is -1.55. The molecule has 0 bridgehead atoms. The minimum absolute atomic E-state index is 0.210. The van der Waals surface area contributed by atoms with Gasteiger partial charge in [0.2, 0.25) is 5.88 Å². The van der Waals surface area contributed by atoms with Gasteiger partial charge in [0.15, 0.2) is 0 Å². The standard InChI is InChI=1S/C12H12ClFN2O/c1-2-3-10-11(12(15)17-16-10)8-5-4-7(14)6-9(8)13/h4-6H,2-3,15H2,1H3. The lowest BCUT2D eigenvalue weighted by atomic mass is 10.0. The number of benzene rings is 1. The van der Waals surface area contributed by atoms with Crippen LogP contribution in [0.4, 0.5) is 10.3 Å². The lowest BCUT2D eigenvalue weighted by Crippen LogP contribution is -1.92. The van der Waals surface area contributed by atoms with Crippen LogP contribution in [0.2, 0.25) is 5.02 Å². The zero-order valence-corrected chi connectivity index (χ0v) is 10.1. The maximum Gasteiger partial charge on any atom is 0.230 e. The predicted octanol–water partition coefficient (Wildman–Crippen LogP) is 3.67. The summed E-state index contributed by atoms with van der Waals surface area (Å²) in [5, 5.41) is 4.20. The van der Waals surface area contributed by atoms with Crippen molar-refractivity contribution in [2.24, 2.45) is 0 Å². The van der Waals surface area contributed by atoms with Crippen LogP contribution in [0.1, 0.15) is 19.0 Å². The second-order valence-electron chi connectivity index (χ2n) is 3.74. The molecule has 0 atom stereocenters. The van der Waals surface area contributed by atoms with Gasteiger partial charge < -0.3 is 10.3 Å². The number of anilines is 1. The molecule has 3 nitrogen and oxygen atoms in total. The molecule has 0 saturated carbocycles. The molecule has 17 heavy (non-hydrogen) atoms. The normalized spacial score (nSPS) is 10.8. The molecule has 2 rings (SSSR count). The molecule has 1 aromatic carbocycles. The van der Waals surface area contributed by atoms with Crippen LogP contribution in [0.5, 0.6) is 0 Å². The monoisotopic (exact) mass is 254 g/mol. The number of hydrogen-bond donors (Lipinski definition) is 1. The summed E-state index contributed by atoms with van der Waals surface area (Å²) in [4.78, 5) is 0. The van der Waals surface area contributed by atoms with Gasteiger partial charge in [-0.1, -0.05) is 30.1 Å². The smallest absolute Gasteiger partial charge is 0.230 e. The van der Waals surface area contributed by atoms with E-state index in [1.54, 1.807) is 6.07 Å². The largest absolute Gasteiger partial charge is 0.367 e. The highest BCUT2D eigenvalue weighted by atomic mass is 35.5. The van der Waals surface area contributed by atoms with Gasteiger partial charge in [-0.15, -0.1) is 0 Å². The molecule has 2 N–H and O–H groups in total. The molecule has 0 amide bonds. The number of rotatable bonds is 3. The molecule has 0 radical (unpaired) electrons. The predicted molar refractivity (Wildman–Crippen MR) is 65.3 cm³/mol. The summed E-state index contributed by atoms with van der Waals surface area (Å²) in [6.07, 6.45) is 1.65. The molecule has 0 saturated heterocycles. The Morgan fingerprint density at radius 3 is 2.88 bits per heavy atom. The van der Waals surface area contributed by atoms with E-state index in [2.05, 4.69) is 5.16 Å². The van der Waals surface area contributed by atoms with Gasteiger partial charge in [0.25, 0.3) is 0 Å². The van der Waals surface area contributed by atoms with E-state index in [4.69, 9.17) is 21.9 Å². The van der Waals surface area contributed by atoms with Crippen molar-refractivity contribution in [3.8, 4) is 11.1 Å². The third-order valence-electron chi connectivity index (χ3n) is 2.48. The van der Waals surface area contributed by atoms with Gasteiger partial charge in [-0.3, -0.25) is 0 Å². The number of nitrogens with zero attached hydrogens (tertiary/aromatic N) is 1. The van der Waals surface area contributed by atoms with Crippen molar-refractivity contribution in [1.29, 1.82) is 0 Å². The van der Waals surface area contributed by atoms with Crippen LogP contribution in [0.15, 0.2) is 22.7 Å². The quantitative estimate of drug-likeness (QED) is 0.909. The number of nitrogen functional groups attached to an aromatic ring is 1. The Morgan fingerprint density at radius 1 is 1.47 bits per heavy atom. The number of nitrogens with two attached hydrogens (primary N) is 1. The summed E-state index contributed by atoms with van der Waals surface area (Å²) < 4.78 is 17.9. The number of hydrogen-bond acceptors (Lipinski definition) is 3. The Morgan fingerprint density at radius 2 is 2.24 bits per heavy atom. The molecule has 0 aliphatic rings. The van der Waals surface area contributed by atoms with Crippen molar-refractivity contribution < 1.29 is 8.91 Å². The summed E-state index contributed by atoms with van der Waals surface area (Å²) >= 11 is 6.00. The summed E-state index contributed by atoms with van der Waals surface area (Å²) in [6.45, 7) is 2.03. The second kappa shape index (κ2) is 4.75. The van der Waals surface area contributed by atoms with E-state index in [9.17, 15) is 4.39 Å². The summed E-state index contributed by atoms with van der Waals surface area (Å²) in [5.74, 6) is -0.173. The fraction of sp³-hybridized carbons (Fsp3) is 0.250. The van der Waals surface area contributed by atoms with Gasteiger partial charge in [0.1, 0.15) is 5.82 Å². The molecule has 0 aliphatic heterocycles. The first kappa shape index (κ1) is 11.9. The Kier molecular flexibility index (Phi) is 3.33. The van der Waals surface area contributed by atoms with E-state index in [0.717, 1.165) is 18.5 Å². The lowest BCUT2D eigenvalue weighted by Gasteiger charge is -2.04. The highest BCUT2D eigenvalue weighted by molar-refractivity contribution is 6.33. The van der Waals surface area contributed by atoms with Crippen LogP contribution >= 0.6 is 11.6 Å². The molecule has 0 unspecified atom stereocenters. The summed E-state index contributed by atoms with van der Waals surface area (Å²) in [7, 11) is 0. The van der Waals surface area contributed by atoms with Gasteiger partial charge in [-0.2, -0.15) is 0 Å². The molecule has 5 heteroatoms. The topological polar surface area (TPSA) is 52.0 Å². The Labute approximate surface area is 103 Å². The van der Waals surface area contributed by atoms with E-state index in [-0.39, 0.29) is 11.7 Å². The van der Waals surface area contributed by atoms with Crippen LogP contribution in [-0.2, 0) is 6.42 Å². The van der Waals surface area contributed by atoms with E-state index in [0.29, 0.717) is 16.1 Å². The fourth-order valence-electron chi connectivity index (χ4n) is 1.73. The van der Waals surface area contributed by atoms with E-state index >= 15 is 0 Å². The maximum absolute atomic E-state index is 13.0. The molecule has 1 heterocycles. The number of halogens is 2. The third-order valence-corrected chi connectivity index (χ3v) is 2.79. The van der Waals surface area contributed by atoms with Gasteiger partial charge in [0, 0.05) is 5.56 Å². The number of aryl methyl sites for hydroxylation is 1. The first-order valence-corrected chi connectivity index (χ1v) is 5.70. The van der Waals surface area contributed by atoms with Crippen LogP contribution < -0.4 is 5.73 Å². The minimum atomic E-state index is -0.384. The first-order valence-electron chi connectivity index (χ1n) is 5.33. The van der Waals surface area contributed by atoms with Crippen molar-refractivity contribution in [1.82, 2.24) is 5.16 Å². The molecular weight excluding hydrogens is 243 g/mol. The van der Waals surface area contributed by atoms with E-state index in [1.165, 1.54) is 12.1 Å². The first-order chi connectivity index (χ1) is 8.13. The fourth-order valence-corrected chi connectivity index (χ4v) is 1.99. The average molecular weight is 255 g/mol. The van der Waals surface area contributed by atoms with Crippen molar-refractivity contribution >= 4 is 17.5 Å². The van der Waals surface area contributed by atoms with E-state index < -0.39 is 0 Å². The number of aromatic nitrogens is 1. The van der Waals surface area contributed by atoms with Crippen molar-refractivity contribution in [2.75, 3.05) is 5.73 Å². The molecular formula is C12H12ClFN2O. The zero-order chi connectivity index (χ0) is 12.4. The molecule has 0 fully saturated rings. The van der Waals surface area contributed by atoms with Gasteiger partial charge in [-0.25, -0.2) is 4.39 Å². The minimum Gasteiger partial charge on any atom is -0.367 e.